The van der Waals surface area contributed by atoms with E-state index < -0.39 is 5.97 Å². The molecule has 0 atom stereocenters. The van der Waals surface area contributed by atoms with Crippen molar-refractivity contribution in [3.63, 3.8) is 0 Å². The van der Waals surface area contributed by atoms with Crippen LogP contribution in [0.5, 0.6) is 0 Å². The Bertz CT molecular complexity index is 1260. The minimum Gasteiger partial charge on any atom is -0.462 e. The number of ether oxygens (including phenoxy) is 1. The number of nitrogens with zero attached hydrogens (tertiary/aromatic N) is 1. The lowest BCUT2D eigenvalue weighted by Gasteiger charge is -2.09. The molecule has 28 heavy (non-hydrogen) atoms. The van der Waals surface area contributed by atoms with Crippen LogP contribution in [0.2, 0.25) is 0 Å². The van der Waals surface area contributed by atoms with Crippen LogP contribution in [0, 0.1) is 0 Å². The van der Waals surface area contributed by atoms with Gasteiger partial charge in [-0.1, -0.05) is 30.3 Å². The van der Waals surface area contributed by atoms with E-state index in [9.17, 15) is 9.59 Å². The molecular formula is C22H20N2O3S. The van der Waals surface area contributed by atoms with Gasteiger partial charge in [0, 0.05) is 16.6 Å². The van der Waals surface area contributed by atoms with Crippen molar-refractivity contribution in [2.45, 2.75) is 32.6 Å². The molecule has 0 unspecified atom stereocenters. The molecule has 0 fully saturated rings. The van der Waals surface area contributed by atoms with Crippen molar-refractivity contribution in [3.8, 4) is 11.1 Å². The first-order valence-electron chi connectivity index (χ1n) is 9.63. The normalized spacial score (nSPS) is 13.8. The average Bonchev–Trinajstić information content (AvgIpc) is 3.28. The van der Waals surface area contributed by atoms with Crippen LogP contribution in [-0.2, 0) is 17.6 Å². The number of thiophene rings is 1. The Morgan fingerprint density at radius 3 is 2.79 bits per heavy atom. The highest BCUT2D eigenvalue weighted by Gasteiger charge is 2.26. The number of aryl methyl sites for hydroxylation is 2. The molecule has 1 aliphatic carbocycles. The molecule has 5 rings (SSSR count). The van der Waals surface area contributed by atoms with Crippen LogP contribution < -0.4 is 5.56 Å². The SMILES string of the molecule is CCOC(=O)c1c(-c2ccccc2)cn2c1[nH]c(=O)c1c3c(sc12)CCCC3. The third-order valence-corrected chi connectivity index (χ3v) is 6.69. The standard InChI is InChI=1S/C22H20N2O3S/c1-2-27-22(26)17-15(13-8-4-3-5-9-13)12-24-19(17)23-20(25)18-14-10-6-7-11-16(14)28-21(18)24/h3-5,8-9,12H,2,6-7,10-11H2,1H3,(H,23,25). The quantitative estimate of drug-likeness (QED) is 0.520. The second-order valence-electron chi connectivity index (χ2n) is 7.07. The minimum absolute atomic E-state index is 0.120. The van der Waals surface area contributed by atoms with E-state index in [0.717, 1.165) is 47.0 Å². The molecule has 1 aliphatic rings. The van der Waals surface area contributed by atoms with Crippen LogP contribution in [0.1, 0.15) is 40.6 Å². The lowest BCUT2D eigenvalue weighted by molar-refractivity contribution is 0.0529. The van der Waals surface area contributed by atoms with Crippen molar-refractivity contribution >= 4 is 33.2 Å². The Balaban J connectivity index is 1.88. The van der Waals surface area contributed by atoms with Crippen LogP contribution in [0.3, 0.4) is 0 Å². The van der Waals surface area contributed by atoms with Gasteiger partial charge in [-0.05, 0) is 43.7 Å². The third-order valence-electron chi connectivity index (χ3n) is 5.40. The number of carbonyl (C=O) groups is 1. The molecule has 0 spiro atoms. The van der Waals surface area contributed by atoms with E-state index in [0.29, 0.717) is 11.2 Å². The van der Waals surface area contributed by atoms with Gasteiger partial charge >= 0.3 is 5.97 Å². The fourth-order valence-electron chi connectivity index (χ4n) is 4.16. The molecule has 0 aliphatic heterocycles. The zero-order valence-corrected chi connectivity index (χ0v) is 16.4. The van der Waals surface area contributed by atoms with Gasteiger partial charge in [0.25, 0.3) is 5.56 Å². The molecular weight excluding hydrogens is 372 g/mol. The Hall–Kier alpha value is -2.86. The number of hydrogen-bond donors (Lipinski definition) is 1. The van der Waals surface area contributed by atoms with Crippen LogP contribution in [0.25, 0.3) is 27.0 Å². The summed E-state index contributed by atoms with van der Waals surface area (Å²) in [6.45, 7) is 2.07. The van der Waals surface area contributed by atoms with E-state index in [1.165, 1.54) is 10.4 Å². The zero-order chi connectivity index (χ0) is 19.3. The fraction of sp³-hybridized carbons (Fsp3) is 0.273. The summed E-state index contributed by atoms with van der Waals surface area (Å²) in [5.41, 5.74) is 3.68. The molecule has 142 valence electrons. The predicted octanol–water partition coefficient (Wildman–Crippen LogP) is 4.56. The van der Waals surface area contributed by atoms with Gasteiger partial charge < -0.3 is 9.72 Å². The number of benzene rings is 1. The molecule has 0 radical (unpaired) electrons. The Kier molecular flexibility index (Phi) is 4.09. The van der Waals surface area contributed by atoms with Gasteiger partial charge in [0.15, 0.2) is 0 Å². The molecule has 5 nitrogen and oxygen atoms in total. The van der Waals surface area contributed by atoms with Gasteiger partial charge in [-0.25, -0.2) is 4.79 Å². The third kappa shape index (κ3) is 2.52. The predicted molar refractivity (Wildman–Crippen MR) is 111 cm³/mol. The number of esters is 1. The van der Waals surface area contributed by atoms with E-state index >= 15 is 0 Å². The summed E-state index contributed by atoms with van der Waals surface area (Å²) in [5, 5.41) is 0.775. The van der Waals surface area contributed by atoms with Gasteiger partial charge in [0.05, 0.1) is 12.0 Å². The molecule has 3 heterocycles. The number of fused-ring (bicyclic) bond motifs is 5. The Labute approximate surface area is 165 Å². The number of carbonyl (C=O) groups excluding carboxylic acids is 1. The van der Waals surface area contributed by atoms with Gasteiger partial charge in [-0.15, -0.1) is 11.3 Å². The summed E-state index contributed by atoms with van der Waals surface area (Å²) < 4.78 is 7.29. The molecule has 0 saturated heterocycles. The highest BCUT2D eigenvalue weighted by Crippen LogP contribution is 2.37. The molecule has 0 amide bonds. The highest BCUT2D eigenvalue weighted by atomic mass is 32.1. The monoisotopic (exact) mass is 392 g/mol. The molecule has 3 aromatic heterocycles. The minimum atomic E-state index is -0.417. The van der Waals surface area contributed by atoms with Crippen molar-refractivity contribution in [2.75, 3.05) is 6.61 Å². The summed E-state index contributed by atoms with van der Waals surface area (Å²) >= 11 is 1.68. The summed E-state index contributed by atoms with van der Waals surface area (Å²) in [6, 6.07) is 9.75. The maximum atomic E-state index is 13.0. The van der Waals surface area contributed by atoms with Crippen molar-refractivity contribution in [2.24, 2.45) is 0 Å². The number of aromatic amines is 1. The van der Waals surface area contributed by atoms with Crippen LogP contribution in [0.15, 0.2) is 41.3 Å². The number of H-pyrrole nitrogens is 1. The van der Waals surface area contributed by atoms with Gasteiger partial charge in [-0.2, -0.15) is 0 Å². The number of hydrogen-bond acceptors (Lipinski definition) is 4. The van der Waals surface area contributed by atoms with E-state index in [4.69, 9.17) is 4.74 Å². The van der Waals surface area contributed by atoms with E-state index in [1.54, 1.807) is 18.3 Å². The van der Waals surface area contributed by atoms with Crippen LogP contribution >= 0.6 is 11.3 Å². The smallest absolute Gasteiger partial charge is 0.342 e. The fourth-order valence-corrected chi connectivity index (χ4v) is 5.53. The topological polar surface area (TPSA) is 63.6 Å². The maximum absolute atomic E-state index is 13.0. The van der Waals surface area contributed by atoms with Crippen LogP contribution in [-0.4, -0.2) is 22.0 Å². The lowest BCUT2D eigenvalue weighted by Crippen LogP contribution is -2.13. The first kappa shape index (κ1) is 17.3. The molecule has 6 heteroatoms. The summed E-state index contributed by atoms with van der Waals surface area (Å²) in [4.78, 5) is 31.0. The molecule has 4 aromatic rings. The van der Waals surface area contributed by atoms with Gasteiger partial charge in [-0.3, -0.25) is 9.20 Å². The zero-order valence-electron chi connectivity index (χ0n) is 15.6. The molecule has 1 N–H and O–H groups in total. The summed E-state index contributed by atoms with van der Waals surface area (Å²) in [7, 11) is 0. The molecule has 0 bridgehead atoms. The second kappa shape index (κ2) is 6.63. The summed E-state index contributed by atoms with van der Waals surface area (Å²) in [5.74, 6) is -0.417. The van der Waals surface area contributed by atoms with Crippen LogP contribution in [0.4, 0.5) is 0 Å². The largest absolute Gasteiger partial charge is 0.462 e. The number of aromatic nitrogens is 2. The van der Waals surface area contributed by atoms with Gasteiger partial charge in [0.2, 0.25) is 0 Å². The van der Waals surface area contributed by atoms with Gasteiger partial charge in [0.1, 0.15) is 16.0 Å². The first-order valence-corrected chi connectivity index (χ1v) is 10.4. The number of rotatable bonds is 3. The van der Waals surface area contributed by atoms with Crippen molar-refractivity contribution in [1.82, 2.24) is 9.38 Å². The maximum Gasteiger partial charge on any atom is 0.342 e. The number of nitrogens with one attached hydrogen (secondary N) is 1. The van der Waals surface area contributed by atoms with E-state index in [1.807, 2.05) is 40.9 Å². The second-order valence-corrected chi connectivity index (χ2v) is 8.15. The van der Waals surface area contributed by atoms with Crippen molar-refractivity contribution in [1.29, 1.82) is 0 Å². The first-order chi connectivity index (χ1) is 13.7. The highest BCUT2D eigenvalue weighted by molar-refractivity contribution is 7.18. The molecule has 0 saturated carbocycles. The summed E-state index contributed by atoms with van der Waals surface area (Å²) in [6.07, 6.45) is 6.20. The van der Waals surface area contributed by atoms with E-state index in [-0.39, 0.29) is 12.2 Å². The van der Waals surface area contributed by atoms with Crippen molar-refractivity contribution < 1.29 is 9.53 Å². The van der Waals surface area contributed by atoms with Crippen molar-refractivity contribution in [3.05, 3.63) is 62.9 Å². The Morgan fingerprint density at radius 2 is 2.00 bits per heavy atom. The Morgan fingerprint density at radius 1 is 1.21 bits per heavy atom. The van der Waals surface area contributed by atoms with E-state index in [2.05, 4.69) is 4.98 Å². The lowest BCUT2D eigenvalue weighted by atomic mass is 9.97. The molecule has 1 aromatic carbocycles. The average molecular weight is 392 g/mol.